The lowest BCUT2D eigenvalue weighted by Crippen LogP contribution is -2.62. The summed E-state index contributed by atoms with van der Waals surface area (Å²) in [5, 5.41) is 11.7. The van der Waals surface area contributed by atoms with E-state index in [1.807, 2.05) is 0 Å². The number of H-pyrrole nitrogens is 1. The lowest BCUT2D eigenvalue weighted by Gasteiger charge is -2.46. The second-order valence-corrected chi connectivity index (χ2v) is 41.7. The van der Waals surface area contributed by atoms with E-state index in [-0.39, 0.29) is 17.7 Å². The molecule has 2 rings (SSSR count). The van der Waals surface area contributed by atoms with E-state index in [2.05, 4.69) is 116 Å². The zero-order valence-electron chi connectivity index (χ0n) is 32.2. The summed E-state index contributed by atoms with van der Waals surface area (Å²) in [6.45, 7) is 36.5. The molecular weight excluding hydrogens is 665 g/mol. The maximum atomic E-state index is 12.8. The largest absolute Gasteiger partial charge is 0.385 e. The fraction of sp³-hybridized carbons (Fsp3) is 0.879. The van der Waals surface area contributed by atoms with Crippen molar-refractivity contribution in [2.24, 2.45) is 0 Å². The standard InChI is InChI=1S/C33H68N2O8Si4/c1-20(2)44(21(3)4)46(24(9)10,25(11)12)42-39-19-28-31(30(37)32(40-28)35-18-17-29(36)34-33(35)38)41-43-47(26(13)14,27(15)16)45(22(5)6)23(7)8/h17-18,20-28,30-32,37,44-45H,19H2,1-16H3,(H,34,36,38)/t28-,30+,31-,32-/m1/s1. The molecule has 1 aromatic heterocycles. The summed E-state index contributed by atoms with van der Waals surface area (Å²) in [5.41, 5.74) is 2.17. The van der Waals surface area contributed by atoms with Crippen LogP contribution in [0.4, 0.5) is 0 Å². The third-order valence-electron chi connectivity index (χ3n) is 10.7. The van der Waals surface area contributed by atoms with Gasteiger partial charge >= 0.3 is 5.69 Å². The van der Waals surface area contributed by atoms with Gasteiger partial charge in [-0.25, -0.2) is 14.6 Å². The zero-order valence-corrected chi connectivity index (χ0v) is 36.5. The Morgan fingerprint density at radius 1 is 0.766 bits per heavy atom. The summed E-state index contributed by atoms with van der Waals surface area (Å²) in [6, 6.07) is 1.24. The van der Waals surface area contributed by atoms with Gasteiger partial charge in [0.2, 0.25) is 15.7 Å². The third-order valence-corrected chi connectivity index (χ3v) is 49.4. The van der Waals surface area contributed by atoms with E-state index < -0.39 is 68.1 Å². The van der Waals surface area contributed by atoms with Crippen LogP contribution in [0.25, 0.3) is 0 Å². The summed E-state index contributed by atoms with van der Waals surface area (Å²) < 4.78 is 21.1. The molecule has 10 nitrogen and oxygen atoms in total. The van der Waals surface area contributed by atoms with Crippen molar-refractivity contribution in [3.8, 4) is 0 Å². The van der Waals surface area contributed by atoms with E-state index in [1.54, 1.807) is 0 Å². The predicted octanol–water partition coefficient (Wildman–Crippen LogP) is 6.84. The highest BCUT2D eigenvalue weighted by Crippen LogP contribution is 2.45. The fourth-order valence-electron chi connectivity index (χ4n) is 9.16. The molecular formula is C33H68N2O8Si4. The van der Waals surface area contributed by atoms with Gasteiger partial charge in [0.15, 0.2) is 12.3 Å². The summed E-state index contributed by atoms with van der Waals surface area (Å²) in [6.07, 6.45) is -2.77. The maximum absolute atomic E-state index is 12.8. The van der Waals surface area contributed by atoms with Crippen LogP contribution < -0.4 is 11.2 Å². The van der Waals surface area contributed by atoms with Crippen molar-refractivity contribution >= 4 is 32.3 Å². The molecule has 0 radical (unpaired) electrons. The normalized spacial score (nSPS) is 21.6. The van der Waals surface area contributed by atoms with Gasteiger partial charge < -0.3 is 9.84 Å². The Hall–Kier alpha value is -0.692. The summed E-state index contributed by atoms with van der Waals surface area (Å²) in [7, 11) is -7.83. The summed E-state index contributed by atoms with van der Waals surface area (Å²) in [5.74, 6) is 0. The smallest absolute Gasteiger partial charge is 0.330 e. The van der Waals surface area contributed by atoms with Gasteiger partial charge in [-0.05, 0) is 22.2 Å². The fourth-order valence-corrected chi connectivity index (χ4v) is 46.5. The van der Waals surface area contributed by atoms with Gasteiger partial charge in [0.25, 0.3) is 5.56 Å². The topological polar surface area (TPSA) is 121 Å². The van der Waals surface area contributed by atoms with Gasteiger partial charge in [0.1, 0.15) is 18.8 Å². The summed E-state index contributed by atoms with van der Waals surface area (Å²) in [4.78, 5) is 39.6. The molecule has 4 atom stereocenters. The molecule has 0 amide bonds. The Kier molecular flexibility index (Phi) is 15.8. The second-order valence-electron chi connectivity index (χ2n) is 16.4. The molecule has 0 aromatic carbocycles. The number of aliphatic hydroxyl groups is 1. The minimum absolute atomic E-state index is 0.00166. The number of aromatic amines is 1. The van der Waals surface area contributed by atoms with Crippen LogP contribution in [-0.4, -0.2) is 71.9 Å². The van der Waals surface area contributed by atoms with Crippen LogP contribution in [0.5, 0.6) is 0 Å². The highest BCUT2D eigenvalue weighted by atomic mass is 29.2. The van der Waals surface area contributed by atoms with Crippen LogP contribution in [0.15, 0.2) is 21.9 Å². The molecule has 0 aliphatic carbocycles. The molecule has 0 unspecified atom stereocenters. The SMILES string of the molecule is CC(C)[SiH](C(C)C)[Si](OOC[C@H]1O[C@@H](n2ccc(=O)[nH]c2=O)[C@@H](O)[C@@H]1OO[Si](C(C)C)(C(C)C)[SiH](C(C)C)C(C)C)(C(C)C)C(C)C. The molecule has 47 heavy (non-hydrogen) atoms. The van der Waals surface area contributed by atoms with Crippen molar-refractivity contribution in [1.82, 2.24) is 9.55 Å². The molecule has 1 saturated heterocycles. The van der Waals surface area contributed by atoms with Crippen LogP contribution in [0, 0.1) is 0 Å². The molecule has 1 fully saturated rings. The van der Waals surface area contributed by atoms with Crippen LogP contribution in [0.3, 0.4) is 0 Å². The van der Waals surface area contributed by atoms with Crippen molar-refractivity contribution < 1.29 is 28.8 Å². The second kappa shape index (κ2) is 17.5. The van der Waals surface area contributed by atoms with E-state index in [0.29, 0.717) is 33.2 Å². The number of aliphatic hydroxyl groups excluding tert-OH is 1. The first-order valence-corrected chi connectivity index (χ1v) is 28.4. The maximum Gasteiger partial charge on any atom is 0.330 e. The molecule has 0 bridgehead atoms. The minimum Gasteiger partial charge on any atom is -0.385 e. The number of rotatable bonds is 18. The number of aromatic nitrogens is 2. The van der Waals surface area contributed by atoms with E-state index >= 15 is 0 Å². The molecule has 2 N–H and O–H groups in total. The third kappa shape index (κ3) is 8.97. The number of nitrogens with zero attached hydrogens (tertiary/aromatic N) is 1. The number of ether oxygens (including phenoxy) is 1. The van der Waals surface area contributed by atoms with Gasteiger partial charge in [0, 0.05) is 12.3 Å². The molecule has 14 heteroatoms. The van der Waals surface area contributed by atoms with Crippen LogP contribution in [0.2, 0.25) is 44.3 Å². The number of hydrogen-bond donors (Lipinski definition) is 2. The summed E-state index contributed by atoms with van der Waals surface area (Å²) >= 11 is 0. The first kappa shape index (κ1) is 42.5. The minimum atomic E-state index is -2.51. The Morgan fingerprint density at radius 2 is 1.19 bits per heavy atom. The molecule has 2 heterocycles. The monoisotopic (exact) mass is 732 g/mol. The Balaban J connectivity index is 2.55. The first-order valence-electron chi connectivity index (χ1n) is 18.0. The van der Waals surface area contributed by atoms with Crippen molar-refractivity contribution in [1.29, 1.82) is 0 Å². The van der Waals surface area contributed by atoms with Gasteiger partial charge in [-0.2, -0.15) is 0 Å². The number of hydrogen-bond acceptors (Lipinski definition) is 8. The first-order chi connectivity index (χ1) is 21.7. The van der Waals surface area contributed by atoms with Crippen molar-refractivity contribution in [3.63, 3.8) is 0 Å². The van der Waals surface area contributed by atoms with Crippen molar-refractivity contribution in [2.45, 2.75) is 180 Å². The highest BCUT2D eigenvalue weighted by molar-refractivity contribution is 7.32. The molecule has 274 valence electrons. The van der Waals surface area contributed by atoms with E-state index in [4.69, 9.17) is 23.7 Å². The zero-order chi connectivity index (χ0) is 36.2. The lowest BCUT2D eigenvalue weighted by atomic mass is 10.1. The quantitative estimate of drug-likeness (QED) is 0.0957. The van der Waals surface area contributed by atoms with Gasteiger partial charge in [-0.15, -0.1) is 0 Å². The van der Waals surface area contributed by atoms with Gasteiger partial charge in [-0.3, -0.25) is 23.5 Å². The van der Waals surface area contributed by atoms with Gasteiger partial charge in [-0.1, -0.05) is 133 Å². The average molecular weight is 733 g/mol. The molecule has 0 spiro atoms. The van der Waals surface area contributed by atoms with E-state index in [1.165, 1.54) is 16.8 Å². The molecule has 1 aromatic rings. The number of nitrogens with one attached hydrogen (secondary N) is 1. The van der Waals surface area contributed by atoms with Crippen LogP contribution in [-0.2, 0) is 23.7 Å². The van der Waals surface area contributed by atoms with Crippen molar-refractivity contribution in [2.75, 3.05) is 6.61 Å². The van der Waals surface area contributed by atoms with E-state index in [9.17, 15) is 14.7 Å². The molecule has 0 saturated carbocycles. The van der Waals surface area contributed by atoms with Crippen LogP contribution >= 0.6 is 0 Å². The van der Waals surface area contributed by atoms with Crippen molar-refractivity contribution in [3.05, 3.63) is 33.1 Å². The average Bonchev–Trinajstić information content (AvgIpc) is 3.22. The van der Waals surface area contributed by atoms with Crippen LogP contribution in [0.1, 0.15) is 117 Å². The molecule has 1 aliphatic rings. The lowest BCUT2D eigenvalue weighted by molar-refractivity contribution is -0.296. The van der Waals surface area contributed by atoms with Gasteiger partial charge in [0.05, 0.1) is 16.6 Å². The van der Waals surface area contributed by atoms with E-state index in [0.717, 1.165) is 0 Å². The Morgan fingerprint density at radius 3 is 1.57 bits per heavy atom. The highest BCUT2D eigenvalue weighted by Gasteiger charge is 2.57. The molecule has 1 aliphatic heterocycles. The Bertz CT molecular complexity index is 1190. The Labute approximate surface area is 289 Å². The predicted molar refractivity (Wildman–Crippen MR) is 201 cm³/mol.